The molecular weight excluding hydrogens is 236 g/mol. The number of thioether (sulfide) groups is 1. The van der Waals surface area contributed by atoms with Gasteiger partial charge < -0.3 is 9.47 Å². The van der Waals surface area contributed by atoms with E-state index in [4.69, 9.17) is 15.3 Å². The van der Waals surface area contributed by atoms with Crippen molar-refractivity contribution >= 4 is 11.8 Å². The van der Waals surface area contributed by atoms with Crippen molar-refractivity contribution in [3.05, 3.63) is 23.8 Å². The van der Waals surface area contributed by atoms with Crippen molar-refractivity contribution < 1.29 is 9.47 Å². The highest BCUT2D eigenvalue weighted by Gasteiger charge is 2.15. The zero-order valence-electron chi connectivity index (χ0n) is 9.94. The van der Waals surface area contributed by atoms with E-state index in [2.05, 4.69) is 11.7 Å². The Morgan fingerprint density at radius 1 is 1.35 bits per heavy atom. The molecule has 1 aromatic rings. The second-order valence-electron chi connectivity index (χ2n) is 3.90. The van der Waals surface area contributed by atoms with Crippen LogP contribution in [0.4, 0.5) is 0 Å². The van der Waals surface area contributed by atoms with Gasteiger partial charge in [0.25, 0.3) is 0 Å². The van der Waals surface area contributed by atoms with E-state index in [1.807, 2.05) is 30.0 Å². The summed E-state index contributed by atoms with van der Waals surface area (Å²) in [4.78, 5) is 0. The van der Waals surface area contributed by atoms with E-state index < -0.39 is 0 Å². The number of benzene rings is 1. The number of ether oxygens (including phenoxy) is 2. The van der Waals surface area contributed by atoms with Crippen LogP contribution in [0.25, 0.3) is 0 Å². The van der Waals surface area contributed by atoms with Gasteiger partial charge in [0, 0.05) is 6.04 Å². The molecule has 1 aliphatic rings. The number of nitrogens with two attached hydrogens (primary N) is 1. The molecule has 4 nitrogen and oxygen atoms in total. The second kappa shape index (κ2) is 6.14. The Balaban J connectivity index is 2.13. The zero-order valence-corrected chi connectivity index (χ0v) is 10.8. The molecule has 94 valence electrons. The molecule has 0 bridgehead atoms. The minimum Gasteiger partial charge on any atom is -0.486 e. The number of hydrazine groups is 1. The van der Waals surface area contributed by atoms with Gasteiger partial charge in [-0.15, -0.1) is 0 Å². The molecule has 1 aromatic carbocycles. The lowest BCUT2D eigenvalue weighted by molar-refractivity contribution is 0.171. The molecule has 1 atom stereocenters. The molecule has 0 spiro atoms. The number of hydrogen-bond donors (Lipinski definition) is 2. The van der Waals surface area contributed by atoms with Crippen molar-refractivity contribution in [2.45, 2.75) is 12.5 Å². The molecule has 0 saturated heterocycles. The van der Waals surface area contributed by atoms with Crippen LogP contribution in [0, 0.1) is 0 Å². The number of nitrogens with one attached hydrogen (secondary N) is 1. The van der Waals surface area contributed by atoms with Crippen molar-refractivity contribution in [2.75, 3.05) is 25.2 Å². The molecule has 1 aliphatic heterocycles. The molecule has 2 rings (SSSR count). The third kappa shape index (κ3) is 3.06. The smallest absolute Gasteiger partial charge is 0.161 e. The number of hydrogen-bond acceptors (Lipinski definition) is 5. The Bertz CT molecular complexity index is 374. The number of rotatable bonds is 5. The van der Waals surface area contributed by atoms with Gasteiger partial charge >= 0.3 is 0 Å². The van der Waals surface area contributed by atoms with Crippen LogP contribution < -0.4 is 20.7 Å². The summed E-state index contributed by atoms with van der Waals surface area (Å²) in [6.07, 6.45) is 3.09. The largest absolute Gasteiger partial charge is 0.486 e. The Kier molecular flexibility index (Phi) is 4.53. The van der Waals surface area contributed by atoms with Gasteiger partial charge in [-0.2, -0.15) is 11.8 Å². The molecule has 1 unspecified atom stereocenters. The van der Waals surface area contributed by atoms with Gasteiger partial charge in [-0.1, -0.05) is 6.07 Å². The summed E-state index contributed by atoms with van der Waals surface area (Å²) in [5, 5.41) is 0. The lowest BCUT2D eigenvalue weighted by Crippen LogP contribution is -2.28. The zero-order chi connectivity index (χ0) is 12.1. The molecule has 5 heteroatoms. The fraction of sp³-hybridized carbons (Fsp3) is 0.500. The van der Waals surface area contributed by atoms with Crippen LogP contribution in [0.3, 0.4) is 0 Å². The first-order chi connectivity index (χ1) is 8.35. The van der Waals surface area contributed by atoms with Gasteiger partial charge in [-0.3, -0.25) is 11.3 Å². The van der Waals surface area contributed by atoms with E-state index in [9.17, 15) is 0 Å². The van der Waals surface area contributed by atoms with Crippen molar-refractivity contribution in [1.82, 2.24) is 5.43 Å². The summed E-state index contributed by atoms with van der Waals surface area (Å²) in [7, 11) is 0. The minimum absolute atomic E-state index is 0.165. The van der Waals surface area contributed by atoms with Crippen LogP contribution in [0.15, 0.2) is 18.2 Å². The lowest BCUT2D eigenvalue weighted by Gasteiger charge is -2.21. The van der Waals surface area contributed by atoms with E-state index in [0.29, 0.717) is 13.2 Å². The predicted octanol–water partition coefficient (Wildman–Crippen LogP) is 1.72. The van der Waals surface area contributed by atoms with Crippen LogP contribution in [-0.2, 0) is 0 Å². The molecule has 0 radical (unpaired) electrons. The molecule has 0 amide bonds. The van der Waals surface area contributed by atoms with Gasteiger partial charge in [0.05, 0.1) is 0 Å². The SMILES string of the molecule is CSCCC(NN)c1ccc2c(c1)OCCO2. The minimum atomic E-state index is 0.165. The Hall–Kier alpha value is -0.910. The van der Waals surface area contributed by atoms with Gasteiger partial charge in [0.15, 0.2) is 11.5 Å². The first-order valence-electron chi connectivity index (χ1n) is 5.69. The first kappa shape index (κ1) is 12.5. The number of fused-ring (bicyclic) bond motifs is 1. The van der Waals surface area contributed by atoms with E-state index in [1.165, 1.54) is 0 Å². The molecule has 0 aliphatic carbocycles. The molecule has 0 saturated carbocycles. The van der Waals surface area contributed by atoms with E-state index in [-0.39, 0.29) is 6.04 Å². The van der Waals surface area contributed by atoms with Gasteiger partial charge in [-0.05, 0) is 36.1 Å². The van der Waals surface area contributed by atoms with Crippen molar-refractivity contribution in [2.24, 2.45) is 5.84 Å². The summed E-state index contributed by atoms with van der Waals surface area (Å²) < 4.78 is 11.1. The fourth-order valence-corrected chi connectivity index (χ4v) is 2.33. The first-order valence-corrected chi connectivity index (χ1v) is 7.09. The maximum absolute atomic E-state index is 5.59. The summed E-state index contributed by atoms with van der Waals surface area (Å²) in [5.74, 6) is 8.30. The molecule has 0 fully saturated rings. The second-order valence-corrected chi connectivity index (χ2v) is 4.89. The molecule has 17 heavy (non-hydrogen) atoms. The average molecular weight is 254 g/mol. The van der Waals surface area contributed by atoms with E-state index in [1.54, 1.807) is 0 Å². The predicted molar refractivity (Wildman–Crippen MR) is 70.5 cm³/mol. The standard InChI is InChI=1S/C12H18N2O2S/c1-17-7-4-10(14-13)9-2-3-11-12(8-9)16-6-5-15-11/h2-3,8,10,14H,4-7,13H2,1H3. The average Bonchev–Trinajstić information content (AvgIpc) is 2.39. The monoisotopic (exact) mass is 254 g/mol. The molecule has 3 N–H and O–H groups in total. The van der Waals surface area contributed by atoms with Crippen LogP contribution in [0.2, 0.25) is 0 Å². The highest BCUT2D eigenvalue weighted by Crippen LogP contribution is 2.33. The van der Waals surface area contributed by atoms with Gasteiger partial charge in [0.1, 0.15) is 13.2 Å². The van der Waals surface area contributed by atoms with Crippen LogP contribution in [0.5, 0.6) is 11.5 Å². The van der Waals surface area contributed by atoms with Crippen molar-refractivity contribution in [3.8, 4) is 11.5 Å². The van der Waals surface area contributed by atoms with Crippen molar-refractivity contribution in [1.29, 1.82) is 0 Å². The van der Waals surface area contributed by atoms with Crippen molar-refractivity contribution in [3.63, 3.8) is 0 Å². The van der Waals surface area contributed by atoms with E-state index in [0.717, 1.165) is 29.2 Å². The molecule has 1 heterocycles. The Morgan fingerprint density at radius 2 is 2.12 bits per heavy atom. The highest BCUT2D eigenvalue weighted by atomic mass is 32.2. The highest BCUT2D eigenvalue weighted by molar-refractivity contribution is 7.98. The summed E-state index contributed by atoms with van der Waals surface area (Å²) in [6.45, 7) is 1.24. The quantitative estimate of drug-likeness (QED) is 0.619. The van der Waals surface area contributed by atoms with Crippen LogP contribution >= 0.6 is 11.8 Å². The molecular formula is C12H18N2O2S. The lowest BCUT2D eigenvalue weighted by atomic mass is 10.0. The van der Waals surface area contributed by atoms with Crippen LogP contribution in [-0.4, -0.2) is 25.2 Å². The van der Waals surface area contributed by atoms with Gasteiger partial charge in [0.2, 0.25) is 0 Å². The summed E-state index contributed by atoms with van der Waals surface area (Å²) >= 11 is 1.82. The fourth-order valence-electron chi connectivity index (χ4n) is 1.86. The maximum atomic E-state index is 5.59. The summed E-state index contributed by atoms with van der Waals surface area (Å²) in [5.41, 5.74) is 3.99. The summed E-state index contributed by atoms with van der Waals surface area (Å²) in [6, 6.07) is 6.17. The van der Waals surface area contributed by atoms with Gasteiger partial charge in [-0.25, -0.2) is 0 Å². The molecule has 0 aromatic heterocycles. The maximum Gasteiger partial charge on any atom is 0.161 e. The van der Waals surface area contributed by atoms with Crippen LogP contribution in [0.1, 0.15) is 18.0 Å². The topological polar surface area (TPSA) is 56.5 Å². The third-order valence-corrected chi connectivity index (χ3v) is 3.42. The Labute approximate surface area is 106 Å². The Morgan fingerprint density at radius 3 is 2.82 bits per heavy atom. The van der Waals surface area contributed by atoms with E-state index >= 15 is 0 Å². The normalized spacial score (nSPS) is 15.6. The third-order valence-electron chi connectivity index (χ3n) is 2.78.